The summed E-state index contributed by atoms with van der Waals surface area (Å²) >= 11 is 0. The molecule has 0 amide bonds. The first kappa shape index (κ1) is 15.2. The Morgan fingerprint density at radius 2 is 2.21 bits per heavy atom. The second-order valence-corrected chi connectivity index (χ2v) is 3.66. The fourth-order valence-corrected chi connectivity index (χ4v) is 1.39. The largest absolute Gasteiger partial charge is 0.467 e. The molecule has 0 radical (unpaired) electrons. The van der Waals surface area contributed by atoms with Gasteiger partial charge >= 0.3 is 0 Å². The fraction of sp³-hybridized carbons (Fsp3) is 0.455. The normalized spacial score (nSPS) is 13.5. The third kappa shape index (κ3) is 4.38. The molecule has 2 atom stereocenters. The Morgan fingerprint density at radius 1 is 1.47 bits per heavy atom. The van der Waals surface area contributed by atoms with Gasteiger partial charge in [-0.2, -0.15) is 0 Å². The van der Waals surface area contributed by atoms with Crippen molar-refractivity contribution in [2.75, 3.05) is 20.4 Å². The van der Waals surface area contributed by atoms with Crippen molar-refractivity contribution >= 4 is 0 Å². The summed E-state index contributed by atoms with van der Waals surface area (Å²) in [6, 6.07) is 3.78. The lowest BCUT2D eigenvalue weighted by Crippen LogP contribution is -2.22. The molecular weight excluding hydrogens is 257 g/mol. The Morgan fingerprint density at radius 3 is 2.79 bits per heavy atom. The molecule has 1 aromatic carbocycles. The van der Waals surface area contributed by atoms with Gasteiger partial charge in [0.15, 0.2) is 6.79 Å². The smallest absolute Gasteiger partial charge is 0.188 e. The third-order valence-corrected chi connectivity index (χ3v) is 2.33. The second kappa shape index (κ2) is 7.55. The number of hydrogen-bond donors (Lipinski definition) is 2. The quantitative estimate of drug-likeness (QED) is 0.339. The highest BCUT2D eigenvalue weighted by Crippen LogP contribution is 2.24. The molecule has 1 aromatic rings. The number of hydrogen-bond acceptors (Lipinski definition) is 5. The highest BCUT2D eigenvalue weighted by Gasteiger charge is 2.21. The van der Waals surface area contributed by atoms with Gasteiger partial charge < -0.3 is 19.7 Å². The Bertz CT molecular complexity index is 465. The van der Waals surface area contributed by atoms with Crippen molar-refractivity contribution in [1.82, 2.24) is 0 Å². The first-order valence-corrected chi connectivity index (χ1v) is 5.38. The second-order valence-electron chi connectivity index (χ2n) is 3.66. The van der Waals surface area contributed by atoms with Crippen LogP contribution in [0.25, 0.3) is 10.4 Å². The molecular formula is C11H14FN3O4. The van der Waals surface area contributed by atoms with Crippen LogP contribution in [0.15, 0.2) is 23.3 Å². The molecule has 2 unspecified atom stereocenters. The van der Waals surface area contributed by atoms with Gasteiger partial charge in [0.05, 0.1) is 12.6 Å². The van der Waals surface area contributed by atoms with Crippen LogP contribution >= 0.6 is 0 Å². The van der Waals surface area contributed by atoms with E-state index >= 15 is 0 Å². The molecule has 0 aromatic heterocycles. The maximum atomic E-state index is 13.7. The Hall–Kier alpha value is -1.86. The van der Waals surface area contributed by atoms with E-state index in [1.54, 1.807) is 0 Å². The van der Waals surface area contributed by atoms with E-state index in [0.29, 0.717) is 0 Å². The van der Waals surface area contributed by atoms with E-state index in [1.807, 2.05) is 0 Å². The zero-order valence-electron chi connectivity index (χ0n) is 10.2. The summed E-state index contributed by atoms with van der Waals surface area (Å²) in [5.41, 5.74) is 8.00. The third-order valence-electron chi connectivity index (χ3n) is 2.33. The van der Waals surface area contributed by atoms with Gasteiger partial charge in [0.25, 0.3) is 0 Å². The summed E-state index contributed by atoms with van der Waals surface area (Å²) in [6.07, 6.45) is -2.86. The summed E-state index contributed by atoms with van der Waals surface area (Å²) in [6.45, 7) is -0.375. The van der Waals surface area contributed by atoms with Crippen molar-refractivity contribution in [3.8, 4) is 5.75 Å². The van der Waals surface area contributed by atoms with Gasteiger partial charge in [-0.1, -0.05) is 5.11 Å². The van der Waals surface area contributed by atoms with E-state index < -0.39 is 18.0 Å². The van der Waals surface area contributed by atoms with Crippen LogP contribution in [0.5, 0.6) is 5.75 Å². The average Bonchev–Trinajstić information content (AvgIpc) is 2.41. The van der Waals surface area contributed by atoms with Gasteiger partial charge in [-0.3, -0.25) is 0 Å². The van der Waals surface area contributed by atoms with E-state index in [9.17, 15) is 14.6 Å². The van der Waals surface area contributed by atoms with Crippen LogP contribution in [0, 0.1) is 5.82 Å². The lowest BCUT2D eigenvalue weighted by molar-refractivity contribution is 0.0219. The van der Waals surface area contributed by atoms with Gasteiger partial charge in [-0.05, 0) is 17.7 Å². The van der Waals surface area contributed by atoms with Crippen LogP contribution in [-0.4, -0.2) is 36.8 Å². The van der Waals surface area contributed by atoms with Crippen LogP contribution in [0.1, 0.15) is 11.7 Å². The standard InChI is InChI=1S/C11H14FN3O4/c1-18-6-19-7-2-3-8(9(12)4-7)11(17)10(16)5-14-15-13/h2-4,10-11,16-17H,5-6H2,1H3. The molecule has 104 valence electrons. The summed E-state index contributed by atoms with van der Waals surface area (Å²) < 4.78 is 23.4. The van der Waals surface area contributed by atoms with E-state index in [1.165, 1.54) is 19.2 Å². The van der Waals surface area contributed by atoms with Gasteiger partial charge in [0.1, 0.15) is 17.7 Å². The molecule has 0 spiro atoms. The molecule has 0 aliphatic rings. The number of aliphatic hydroxyl groups is 2. The molecule has 1 rings (SSSR count). The van der Waals surface area contributed by atoms with E-state index in [-0.39, 0.29) is 24.7 Å². The number of ether oxygens (including phenoxy) is 2. The van der Waals surface area contributed by atoms with Crippen LogP contribution in [0.2, 0.25) is 0 Å². The Balaban J connectivity index is 2.80. The van der Waals surface area contributed by atoms with Gasteiger partial charge in [-0.25, -0.2) is 4.39 Å². The molecule has 0 fully saturated rings. The number of rotatable bonds is 7. The highest BCUT2D eigenvalue weighted by atomic mass is 19.1. The molecule has 19 heavy (non-hydrogen) atoms. The summed E-state index contributed by atoms with van der Waals surface area (Å²) in [5, 5.41) is 22.3. The number of nitrogens with zero attached hydrogens (tertiary/aromatic N) is 3. The molecule has 2 N–H and O–H groups in total. The highest BCUT2D eigenvalue weighted by molar-refractivity contribution is 5.30. The molecule has 0 bridgehead atoms. The van der Waals surface area contributed by atoms with Crippen molar-refractivity contribution in [2.45, 2.75) is 12.2 Å². The molecule has 0 aliphatic carbocycles. The Kier molecular flexibility index (Phi) is 6.04. The number of aliphatic hydroxyl groups excluding tert-OH is 2. The van der Waals surface area contributed by atoms with E-state index in [2.05, 4.69) is 14.8 Å². The van der Waals surface area contributed by atoms with Gasteiger partial charge in [-0.15, -0.1) is 0 Å². The maximum Gasteiger partial charge on any atom is 0.188 e. The lowest BCUT2D eigenvalue weighted by atomic mass is 10.0. The molecule has 7 nitrogen and oxygen atoms in total. The molecule has 0 heterocycles. The van der Waals surface area contributed by atoms with E-state index in [0.717, 1.165) is 6.07 Å². The first-order valence-electron chi connectivity index (χ1n) is 5.38. The lowest BCUT2D eigenvalue weighted by Gasteiger charge is -2.17. The topological polar surface area (TPSA) is 108 Å². The Labute approximate surface area is 108 Å². The summed E-state index contributed by atoms with van der Waals surface area (Å²) in [5.74, 6) is -0.499. The van der Waals surface area contributed by atoms with Crippen LogP contribution in [0.4, 0.5) is 4.39 Å². The summed E-state index contributed by atoms with van der Waals surface area (Å²) in [4.78, 5) is 2.45. The van der Waals surface area contributed by atoms with Crippen molar-refractivity contribution in [2.24, 2.45) is 5.11 Å². The minimum atomic E-state index is -1.48. The molecule has 0 saturated heterocycles. The minimum absolute atomic E-state index is 0.0269. The van der Waals surface area contributed by atoms with Crippen molar-refractivity contribution in [3.05, 3.63) is 40.0 Å². The fourth-order valence-electron chi connectivity index (χ4n) is 1.39. The van der Waals surface area contributed by atoms with Gasteiger partial charge in [0, 0.05) is 23.7 Å². The van der Waals surface area contributed by atoms with E-state index in [4.69, 9.17) is 10.3 Å². The predicted molar refractivity (Wildman–Crippen MR) is 63.9 cm³/mol. The molecule has 0 aliphatic heterocycles. The molecule has 8 heteroatoms. The van der Waals surface area contributed by atoms with Gasteiger partial charge in [0.2, 0.25) is 0 Å². The number of azide groups is 1. The van der Waals surface area contributed by atoms with Crippen LogP contribution in [-0.2, 0) is 4.74 Å². The van der Waals surface area contributed by atoms with Crippen LogP contribution < -0.4 is 4.74 Å². The minimum Gasteiger partial charge on any atom is -0.467 e. The van der Waals surface area contributed by atoms with Crippen molar-refractivity contribution in [1.29, 1.82) is 0 Å². The van der Waals surface area contributed by atoms with Crippen molar-refractivity contribution in [3.63, 3.8) is 0 Å². The molecule has 0 saturated carbocycles. The van der Waals surface area contributed by atoms with Crippen LogP contribution in [0.3, 0.4) is 0 Å². The monoisotopic (exact) mass is 271 g/mol. The SMILES string of the molecule is COCOc1ccc(C(O)C(O)CN=[N+]=[N-])c(F)c1. The number of methoxy groups -OCH3 is 1. The zero-order chi connectivity index (χ0) is 14.3. The predicted octanol–water partition coefficient (Wildman–Crippen LogP) is 1.51. The first-order chi connectivity index (χ1) is 9.10. The zero-order valence-corrected chi connectivity index (χ0v) is 10.2. The van der Waals surface area contributed by atoms with Crippen molar-refractivity contribution < 1.29 is 24.1 Å². The average molecular weight is 271 g/mol. The number of benzene rings is 1. The summed E-state index contributed by atoms with van der Waals surface area (Å²) in [7, 11) is 1.43. The number of halogens is 1. The maximum absolute atomic E-state index is 13.7.